The second-order valence-corrected chi connectivity index (χ2v) is 5.63. The minimum absolute atomic E-state index is 0.849. The van der Waals surface area contributed by atoms with E-state index in [-0.39, 0.29) is 0 Å². The summed E-state index contributed by atoms with van der Waals surface area (Å²) in [5.74, 6) is 2.03. The van der Waals surface area contributed by atoms with Crippen LogP contribution in [0.5, 0.6) is 0 Å². The maximum absolute atomic E-state index is 4.49. The lowest BCUT2D eigenvalue weighted by molar-refractivity contribution is 0.378. The van der Waals surface area contributed by atoms with Crippen molar-refractivity contribution in [3.05, 3.63) is 12.4 Å². The molecule has 1 saturated carbocycles. The van der Waals surface area contributed by atoms with Crippen molar-refractivity contribution in [2.24, 2.45) is 5.92 Å². The van der Waals surface area contributed by atoms with Crippen molar-refractivity contribution < 1.29 is 0 Å². The number of aryl methyl sites for hydroxylation is 1. The molecule has 1 aliphatic carbocycles. The van der Waals surface area contributed by atoms with Crippen molar-refractivity contribution in [3.8, 4) is 0 Å². The summed E-state index contributed by atoms with van der Waals surface area (Å²) in [5, 5.41) is 3.66. The first-order valence-corrected chi connectivity index (χ1v) is 7.36. The Kier molecular flexibility index (Phi) is 3.55. The van der Waals surface area contributed by atoms with Crippen LogP contribution in [0.1, 0.15) is 32.6 Å². The monoisotopic (exact) mass is 248 g/mol. The van der Waals surface area contributed by atoms with Crippen LogP contribution in [0.15, 0.2) is 12.4 Å². The van der Waals surface area contributed by atoms with E-state index in [1.165, 1.54) is 32.2 Å². The van der Waals surface area contributed by atoms with Gasteiger partial charge in [-0.25, -0.2) is 4.98 Å². The molecule has 100 valence electrons. The van der Waals surface area contributed by atoms with E-state index in [4.69, 9.17) is 0 Å². The average Bonchev–Trinajstić information content (AvgIpc) is 3.12. The molecule has 0 bridgehead atoms. The quantitative estimate of drug-likeness (QED) is 0.863. The van der Waals surface area contributed by atoms with Gasteiger partial charge in [0.1, 0.15) is 0 Å². The summed E-state index contributed by atoms with van der Waals surface area (Å²) in [7, 11) is 0. The minimum atomic E-state index is 0.849. The van der Waals surface area contributed by atoms with Gasteiger partial charge in [-0.15, -0.1) is 0 Å². The van der Waals surface area contributed by atoms with Crippen molar-refractivity contribution in [3.63, 3.8) is 0 Å². The van der Waals surface area contributed by atoms with Gasteiger partial charge in [0.05, 0.1) is 0 Å². The summed E-state index contributed by atoms with van der Waals surface area (Å²) in [4.78, 5) is 6.93. The average molecular weight is 248 g/mol. The van der Waals surface area contributed by atoms with E-state index < -0.39 is 0 Å². The summed E-state index contributed by atoms with van der Waals surface area (Å²) in [6, 6.07) is 0.849. The van der Waals surface area contributed by atoms with Crippen LogP contribution in [0.4, 0.5) is 5.95 Å². The first-order chi connectivity index (χ1) is 8.86. The Labute approximate surface area is 109 Å². The lowest BCUT2D eigenvalue weighted by atomic mass is 9.97. The van der Waals surface area contributed by atoms with Gasteiger partial charge in [-0.05, 0) is 45.1 Å². The highest BCUT2D eigenvalue weighted by molar-refractivity contribution is 5.31. The van der Waals surface area contributed by atoms with Gasteiger partial charge in [-0.2, -0.15) is 0 Å². The maximum atomic E-state index is 4.49. The van der Waals surface area contributed by atoms with Crippen molar-refractivity contribution in [1.29, 1.82) is 0 Å². The molecule has 1 aromatic rings. The van der Waals surface area contributed by atoms with Gasteiger partial charge in [0, 0.05) is 38.1 Å². The molecule has 0 atom stereocenters. The van der Waals surface area contributed by atoms with E-state index in [2.05, 4.69) is 32.9 Å². The van der Waals surface area contributed by atoms with Crippen LogP contribution in [0.2, 0.25) is 0 Å². The molecule has 2 heterocycles. The van der Waals surface area contributed by atoms with Crippen molar-refractivity contribution in [1.82, 2.24) is 14.9 Å². The normalized spacial score (nSPS) is 21.5. The highest BCUT2D eigenvalue weighted by atomic mass is 15.3. The Morgan fingerprint density at radius 2 is 2.06 bits per heavy atom. The number of nitrogens with one attached hydrogen (secondary N) is 1. The first-order valence-electron chi connectivity index (χ1n) is 7.36. The zero-order valence-electron chi connectivity index (χ0n) is 11.3. The number of imidazole rings is 1. The predicted molar refractivity (Wildman–Crippen MR) is 73.9 cm³/mol. The topological polar surface area (TPSA) is 33.1 Å². The molecule has 0 aromatic carbocycles. The zero-order chi connectivity index (χ0) is 12.4. The van der Waals surface area contributed by atoms with Gasteiger partial charge < -0.3 is 14.8 Å². The second-order valence-electron chi connectivity index (χ2n) is 5.63. The summed E-state index contributed by atoms with van der Waals surface area (Å²) in [6.07, 6.45) is 9.39. The van der Waals surface area contributed by atoms with Gasteiger partial charge >= 0.3 is 0 Å². The van der Waals surface area contributed by atoms with Crippen LogP contribution in [-0.4, -0.2) is 35.2 Å². The largest absolute Gasteiger partial charge is 0.342 e. The van der Waals surface area contributed by atoms with Crippen LogP contribution < -0.4 is 10.2 Å². The molecule has 3 rings (SSSR count). The molecule has 1 N–H and O–H groups in total. The lowest BCUT2D eigenvalue weighted by Gasteiger charge is -2.33. The van der Waals surface area contributed by atoms with Gasteiger partial charge in [0.2, 0.25) is 5.95 Å². The highest BCUT2D eigenvalue weighted by Gasteiger charge is 2.25. The molecule has 0 unspecified atom stereocenters. The van der Waals surface area contributed by atoms with Gasteiger partial charge in [-0.1, -0.05) is 0 Å². The van der Waals surface area contributed by atoms with Crippen molar-refractivity contribution >= 4 is 5.95 Å². The first kappa shape index (κ1) is 12.0. The van der Waals surface area contributed by atoms with E-state index in [9.17, 15) is 0 Å². The molecule has 4 nitrogen and oxygen atoms in total. The van der Waals surface area contributed by atoms with Gasteiger partial charge in [0.15, 0.2) is 0 Å². The summed E-state index contributed by atoms with van der Waals surface area (Å²) >= 11 is 0. The molecule has 4 heteroatoms. The van der Waals surface area contributed by atoms with Crippen LogP contribution >= 0.6 is 0 Å². The molecule has 2 fully saturated rings. The van der Waals surface area contributed by atoms with E-state index in [1.807, 2.05) is 6.20 Å². The number of piperidine rings is 1. The molecule has 2 aliphatic rings. The molecule has 1 aromatic heterocycles. The SMILES string of the molecule is CCn1ccnc1N1CCC(CNC2CC2)CC1. The van der Waals surface area contributed by atoms with E-state index >= 15 is 0 Å². The van der Waals surface area contributed by atoms with Gasteiger partial charge in [0.25, 0.3) is 0 Å². The number of rotatable bonds is 5. The summed E-state index contributed by atoms with van der Waals surface area (Å²) in [6.45, 7) is 6.73. The van der Waals surface area contributed by atoms with Crippen LogP contribution in [0.25, 0.3) is 0 Å². The smallest absolute Gasteiger partial charge is 0.205 e. The number of hydrogen-bond donors (Lipinski definition) is 1. The molecular weight excluding hydrogens is 224 g/mol. The molecular formula is C14H24N4. The second kappa shape index (κ2) is 5.31. The highest BCUT2D eigenvalue weighted by Crippen LogP contribution is 2.24. The van der Waals surface area contributed by atoms with Crippen molar-refractivity contribution in [2.45, 2.75) is 45.2 Å². The van der Waals surface area contributed by atoms with Crippen molar-refractivity contribution in [2.75, 3.05) is 24.5 Å². The lowest BCUT2D eigenvalue weighted by Crippen LogP contribution is -2.38. The van der Waals surface area contributed by atoms with E-state index in [0.717, 1.165) is 37.5 Å². The third kappa shape index (κ3) is 2.69. The molecule has 0 radical (unpaired) electrons. The maximum Gasteiger partial charge on any atom is 0.205 e. The molecule has 1 saturated heterocycles. The number of nitrogens with zero attached hydrogens (tertiary/aromatic N) is 3. The summed E-state index contributed by atoms with van der Waals surface area (Å²) in [5.41, 5.74) is 0. The molecule has 1 aliphatic heterocycles. The molecule has 18 heavy (non-hydrogen) atoms. The fourth-order valence-corrected chi connectivity index (χ4v) is 2.79. The van der Waals surface area contributed by atoms with Crippen LogP contribution in [-0.2, 0) is 6.54 Å². The number of anilines is 1. The fourth-order valence-electron chi connectivity index (χ4n) is 2.79. The fraction of sp³-hybridized carbons (Fsp3) is 0.786. The van der Waals surface area contributed by atoms with Crippen LogP contribution in [0.3, 0.4) is 0 Å². The number of hydrogen-bond acceptors (Lipinski definition) is 3. The Balaban J connectivity index is 1.49. The van der Waals surface area contributed by atoms with Gasteiger partial charge in [-0.3, -0.25) is 0 Å². The third-order valence-corrected chi connectivity index (χ3v) is 4.20. The van der Waals surface area contributed by atoms with Crippen LogP contribution in [0, 0.1) is 5.92 Å². The number of aromatic nitrogens is 2. The zero-order valence-corrected chi connectivity index (χ0v) is 11.3. The Morgan fingerprint density at radius 1 is 1.28 bits per heavy atom. The molecule has 0 spiro atoms. The Hall–Kier alpha value is -1.03. The Morgan fingerprint density at radius 3 is 2.72 bits per heavy atom. The minimum Gasteiger partial charge on any atom is -0.342 e. The third-order valence-electron chi connectivity index (χ3n) is 4.20. The predicted octanol–water partition coefficient (Wildman–Crippen LogP) is 1.87. The summed E-state index contributed by atoms with van der Waals surface area (Å²) < 4.78 is 2.24. The van der Waals surface area contributed by atoms with E-state index in [1.54, 1.807) is 0 Å². The van der Waals surface area contributed by atoms with E-state index in [0.29, 0.717) is 0 Å². The standard InChI is InChI=1S/C14H24N4/c1-2-17-10-7-15-14(17)18-8-5-12(6-9-18)11-16-13-3-4-13/h7,10,12-13,16H,2-6,8-9,11H2,1H3. The Bertz CT molecular complexity index is 375. The molecule has 0 amide bonds.